The van der Waals surface area contributed by atoms with Gasteiger partial charge in [-0.25, -0.2) is 0 Å². The first-order valence-corrected chi connectivity index (χ1v) is 15.8. The maximum Gasteiger partial charge on any atom is 0.247 e. The molecule has 0 aromatic heterocycles. The van der Waals surface area contributed by atoms with Crippen LogP contribution in [0.2, 0.25) is 0 Å². The third-order valence-electron chi connectivity index (χ3n) is 9.70. The summed E-state index contributed by atoms with van der Waals surface area (Å²) >= 11 is 15.1. The van der Waals surface area contributed by atoms with Crippen LogP contribution in [0.15, 0.2) is 91.0 Å². The normalized spacial score (nSPS) is 25.1. The average Bonchev–Trinajstić information content (AvgIpc) is 3.29. The van der Waals surface area contributed by atoms with E-state index in [4.69, 9.17) is 27.9 Å². The van der Waals surface area contributed by atoms with Gasteiger partial charge in [0.05, 0.1) is 11.8 Å². The van der Waals surface area contributed by atoms with Gasteiger partial charge in [-0.1, -0.05) is 74.5 Å². The van der Waals surface area contributed by atoms with E-state index in [1.54, 1.807) is 24.3 Å². The summed E-state index contributed by atoms with van der Waals surface area (Å²) in [7, 11) is 0. The lowest BCUT2D eigenvalue weighted by atomic mass is 9.54. The van der Waals surface area contributed by atoms with Crippen molar-refractivity contribution in [3.8, 4) is 11.5 Å². The summed E-state index contributed by atoms with van der Waals surface area (Å²) in [5.41, 5.74) is 5.57. The van der Waals surface area contributed by atoms with E-state index in [2.05, 4.69) is 5.32 Å². The third kappa shape index (κ3) is 4.12. The number of anilines is 1. The molecular formula is C37H32Cl2N2O4. The third-order valence-corrected chi connectivity index (χ3v) is 11.0. The van der Waals surface area contributed by atoms with Gasteiger partial charge in [0.15, 0.2) is 0 Å². The van der Waals surface area contributed by atoms with Gasteiger partial charge in [0, 0.05) is 5.69 Å². The Kier molecular flexibility index (Phi) is 6.88. The Hall–Kier alpha value is -4.13. The van der Waals surface area contributed by atoms with E-state index in [1.165, 1.54) is 0 Å². The van der Waals surface area contributed by atoms with Crippen LogP contribution in [0.3, 0.4) is 0 Å². The van der Waals surface area contributed by atoms with E-state index >= 15 is 0 Å². The molecule has 3 aliphatic carbocycles. The summed E-state index contributed by atoms with van der Waals surface area (Å²) in [6.45, 7) is 7.67. The van der Waals surface area contributed by atoms with Crippen LogP contribution in [-0.2, 0) is 24.1 Å². The molecule has 3 amide bonds. The van der Waals surface area contributed by atoms with Crippen LogP contribution in [0.1, 0.15) is 47.2 Å². The number of likely N-dealkylation sites (tertiary alicyclic amines) is 1. The van der Waals surface area contributed by atoms with E-state index in [1.807, 2.05) is 94.4 Å². The first kappa shape index (κ1) is 29.6. The molecule has 1 saturated heterocycles. The SMILES string of the molecule is Cc1cccc(Oc2ccc(NC(=O)[C@H](C(C)C)N3C(=O)[C@@H]4[C@H](C3=O)C3(Cl)c5ccccc5C4(Cl)c4ccccc43)cc2)c1C. The van der Waals surface area contributed by atoms with E-state index in [9.17, 15) is 14.4 Å². The molecule has 4 aromatic rings. The average molecular weight is 640 g/mol. The first-order chi connectivity index (χ1) is 21.5. The Labute approximate surface area is 272 Å². The van der Waals surface area contributed by atoms with E-state index < -0.39 is 45.3 Å². The Balaban J connectivity index is 1.20. The summed E-state index contributed by atoms with van der Waals surface area (Å²) in [5, 5.41) is 2.92. The molecule has 4 aromatic carbocycles. The summed E-state index contributed by atoms with van der Waals surface area (Å²) in [4.78, 5) is 41.3. The Morgan fingerprint density at radius 3 is 1.71 bits per heavy atom. The molecule has 1 heterocycles. The number of imide groups is 1. The van der Waals surface area contributed by atoms with Gasteiger partial charge < -0.3 is 10.1 Å². The number of carbonyl (C=O) groups is 3. The Morgan fingerprint density at radius 2 is 1.24 bits per heavy atom. The molecule has 0 spiro atoms. The number of amides is 3. The van der Waals surface area contributed by atoms with Crippen LogP contribution >= 0.6 is 23.2 Å². The van der Waals surface area contributed by atoms with Crippen molar-refractivity contribution < 1.29 is 19.1 Å². The summed E-state index contributed by atoms with van der Waals surface area (Å²) in [5.74, 6) is -2.39. The molecule has 0 radical (unpaired) electrons. The highest BCUT2D eigenvalue weighted by Crippen LogP contribution is 2.69. The van der Waals surface area contributed by atoms with Crippen molar-refractivity contribution in [2.24, 2.45) is 17.8 Å². The fraction of sp³-hybridized carbons (Fsp3) is 0.270. The van der Waals surface area contributed by atoms with Gasteiger partial charge in [0.2, 0.25) is 17.7 Å². The van der Waals surface area contributed by atoms with Crippen molar-refractivity contribution >= 4 is 46.6 Å². The Morgan fingerprint density at radius 1 is 0.756 bits per heavy atom. The monoisotopic (exact) mass is 638 g/mol. The summed E-state index contributed by atoms with van der Waals surface area (Å²) in [6.07, 6.45) is 0. The van der Waals surface area contributed by atoms with Crippen LogP contribution in [0, 0.1) is 31.6 Å². The molecule has 0 saturated carbocycles. The van der Waals surface area contributed by atoms with Crippen LogP contribution in [-0.4, -0.2) is 28.7 Å². The number of benzene rings is 4. The fourth-order valence-electron chi connectivity index (χ4n) is 7.47. The number of aryl methyl sites for hydroxylation is 1. The second-order valence-electron chi connectivity index (χ2n) is 12.5. The molecule has 8 rings (SSSR count). The molecule has 4 aliphatic rings. The molecule has 8 heteroatoms. The highest BCUT2D eigenvalue weighted by atomic mass is 35.5. The molecule has 0 unspecified atom stereocenters. The maximum absolute atomic E-state index is 14.4. The number of ether oxygens (including phenoxy) is 1. The molecule has 228 valence electrons. The molecular weight excluding hydrogens is 607 g/mol. The van der Waals surface area contributed by atoms with Gasteiger partial charge in [0.25, 0.3) is 0 Å². The number of rotatable bonds is 6. The van der Waals surface area contributed by atoms with Crippen molar-refractivity contribution in [1.29, 1.82) is 0 Å². The minimum absolute atomic E-state index is 0.384. The lowest BCUT2D eigenvalue weighted by Gasteiger charge is -2.54. The van der Waals surface area contributed by atoms with E-state index in [-0.39, 0.29) is 5.92 Å². The zero-order valence-corrected chi connectivity index (χ0v) is 26.8. The van der Waals surface area contributed by atoms with Gasteiger partial charge >= 0.3 is 0 Å². The lowest BCUT2D eigenvalue weighted by molar-refractivity contribution is -0.148. The number of hydrogen-bond acceptors (Lipinski definition) is 4. The minimum Gasteiger partial charge on any atom is -0.457 e. The van der Waals surface area contributed by atoms with Crippen LogP contribution in [0.4, 0.5) is 5.69 Å². The second-order valence-corrected chi connectivity index (χ2v) is 13.7. The summed E-state index contributed by atoms with van der Waals surface area (Å²) in [6, 6.07) is 26.8. The molecule has 45 heavy (non-hydrogen) atoms. The van der Waals surface area contributed by atoms with Crippen LogP contribution < -0.4 is 10.1 Å². The standard InChI is InChI=1S/C37H32Cl2N2O4/c1-20(2)32(33(42)40-23-16-18-24(19-17-23)45-29-15-9-10-21(3)22(29)4)41-34(43)30-31(35(41)44)37(39)26-12-6-5-11-25(26)36(30,38)27-13-7-8-14-28(27)37/h5-20,30-32H,1-4H3,(H,40,42)/t30-,31+,32-,36?,37?/m0/s1. The Bertz CT molecular complexity index is 1760. The maximum atomic E-state index is 14.4. The van der Waals surface area contributed by atoms with Gasteiger partial charge in [-0.2, -0.15) is 0 Å². The van der Waals surface area contributed by atoms with E-state index in [0.29, 0.717) is 11.4 Å². The minimum atomic E-state index is -1.31. The molecule has 6 nitrogen and oxygen atoms in total. The highest BCUT2D eigenvalue weighted by molar-refractivity contribution is 6.36. The molecule has 1 N–H and O–H groups in total. The number of nitrogens with one attached hydrogen (secondary N) is 1. The smallest absolute Gasteiger partial charge is 0.247 e. The van der Waals surface area contributed by atoms with Gasteiger partial charge in [0.1, 0.15) is 27.3 Å². The molecule has 3 atom stereocenters. The highest BCUT2D eigenvalue weighted by Gasteiger charge is 2.73. The largest absolute Gasteiger partial charge is 0.457 e. The predicted molar refractivity (Wildman–Crippen MR) is 175 cm³/mol. The number of nitrogens with zero attached hydrogens (tertiary/aromatic N) is 1. The lowest BCUT2D eigenvalue weighted by Crippen LogP contribution is -2.57. The zero-order chi connectivity index (χ0) is 31.8. The number of halogens is 2. The summed E-state index contributed by atoms with van der Waals surface area (Å²) < 4.78 is 6.06. The number of hydrogen-bond donors (Lipinski definition) is 1. The van der Waals surface area contributed by atoms with Gasteiger partial charge in [-0.3, -0.25) is 19.3 Å². The van der Waals surface area contributed by atoms with Crippen molar-refractivity contribution in [2.45, 2.75) is 43.5 Å². The first-order valence-electron chi connectivity index (χ1n) is 15.1. The second kappa shape index (κ2) is 10.5. The fourth-order valence-corrected chi connectivity index (χ4v) is 8.56. The topological polar surface area (TPSA) is 75.7 Å². The van der Waals surface area contributed by atoms with Crippen LogP contribution in [0.5, 0.6) is 11.5 Å². The van der Waals surface area contributed by atoms with Crippen LogP contribution in [0.25, 0.3) is 0 Å². The molecule has 1 aliphatic heterocycles. The quantitative estimate of drug-likeness (QED) is 0.174. The van der Waals surface area contributed by atoms with Crippen molar-refractivity contribution in [3.05, 3.63) is 124 Å². The molecule has 2 bridgehead atoms. The van der Waals surface area contributed by atoms with Crippen molar-refractivity contribution in [1.82, 2.24) is 4.90 Å². The zero-order valence-electron chi connectivity index (χ0n) is 25.3. The van der Waals surface area contributed by atoms with E-state index in [0.717, 1.165) is 44.0 Å². The van der Waals surface area contributed by atoms with Gasteiger partial charge in [-0.05, 0) is 83.5 Å². The van der Waals surface area contributed by atoms with Crippen molar-refractivity contribution in [2.75, 3.05) is 5.32 Å². The number of alkyl halides is 2. The molecule has 1 fully saturated rings. The van der Waals surface area contributed by atoms with Gasteiger partial charge in [-0.15, -0.1) is 23.2 Å². The predicted octanol–water partition coefficient (Wildman–Crippen LogP) is 7.65. The van der Waals surface area contributed by atoms with Crippen molar-refractivity contribution in [3.63, 3.8) is 0 Å². The number of carbonyl (C=O) groups excluding carboxylic acids is 3.